The summed E-state index contributed by atoms with van der Waals surface area (Å²) in [6.07, 6.45) is 1.27. The predicted octanol–water partition coefficient (Wildman–Crippen LogP) is 3.61. The van der Waals surface area contributed by atoms with Gasteiger partial charge in [0.2, 0.25) is 0 Å². The number of nitrogens with zero attached hydrogens (tertiary/aromatic N) is 1. The number of likely N-dealkylation sites (tertiary alicyclic amines) is 1. The molecule has 0 aliphatic carbocycles. The molecule has 2 aromatic carbocycles. The first-order chi connectivity index (χ1) is 12.5. The highest BCUT2D eigenvalue weighted by Gasteiger charge is 2.43. The van der Waals surface area contributed by atoms with Crippen molar-refractivity contribution in [2.75, 3.05) is 13.1 Å². The van der Waals surface area contributed by atoms with Gasteiger partial charge in [-0.2, -0.15) is 0 Å². The number of benzene rings is 2. The summed E-state index contributed by atoms with van der Waals surface area (Å²) in [7, 11) is 0. The Bertz CT molecular complexity index is 868. The Kier molecular flexibility index (Phi) is 3.98. The van der Waals surface area contributed by atoms with Gasteiger partial charge in [0.25, 0.3) is 5.91 Å². The van der Waals surface area contributed by atoms with E-state index >= 15 is 0 Å². The van der Waals surface area contributed by atoms with Gasteiger partial charge in [0.05, 0.1) is 12.0 Å². The molecule has 0 N–H and O–H groups in total. The number of hydrogen-bond donors (Lipinski definition) is 0. The maximum Gasteiger partial charge on any atom is 0.254 e. The Balaban J connectivity index is 1.49. The Hall–Kier alpha value is -2.76. The number of carbonyl (C=O) groups is 2. The van der Waals surface area contributed by atoms with Crippen molar-refractivity contribution in [1.82, 2.24) is 4.90 Å². The van der Waals surface area contributed by atoms with Crippen molar-refractivity contribution in [3.8, 4) is 5.75 Å². The minimum Gasteiger partial charge on any atom is -0.486 e. The van der Waals surface area contributed by atoms with E-state index in [0.29, 0.717) is 37.2 Å². The predicted molar refractivity (Wildman–Crippen MR) is 90.2 cm³/mol. The number of amides is 1. The number of fused-ring (bicyclic) bond motifs is 1. The molecular weight excluding hydrogens is 340 g/mol. The van der Waals surface area contributed by atoms with Crippen LogP contribution in [0, 0.1) is 11.6 Å². The summed E-state index contributed by atoms with van der Waals surface area (Å²) < 4.78 is 32.8. The molecule has 0 atom stereocenters. The molecule has 0 saturated carbocycles. The number of hydrogen-bond acceptors (Lipinski definition) is 3. The minimum absolute atomic E-state index is 0.00978. The summed E-state index contributed by atoms with van der Waals surface area (Å²) in [6, 6.07) is 9.96. The van der Waals surface area contributed by atoms with Gasteiger partial charge in [0.1, 0.15) is 23.0 Å². The average Bonchev–Trinajstić information content (AvgIpc) is 2.61. The van der Waals surface area contributed by atoms with E-state index in [-0.39, 0.29) is 17.8 Å². The van der Waals surface area contributed by atoms with E-state index in [2.05, 4.69) is 0 Å². The summed E-state index contributed by atoms with van der Waals surface area (Å²) in [5.74, 6) is -1.35. The molecule has 1 fully saturated rings. The van der Waals surface area contributed by atoms with E-state index in [1.54, 1.807) is 23.1 Å². The summed E-state index contributed by atoms with van der Waals surface area (Å²) in [4.78, 5) is 26.5. The fourth-order valence-corrected chi connectivity index (χ4v) is 3.70. The van der Waals surface area contributed by atoms with Crippen LogP contribution in [0.15, 0.2) is 42.5 Å². The van der Waals surface area contributed by atoms with Gasteiger partial charge in [0.15, 0.2) is 5.78 Å². The Morgan fingerprint density at radius 1 is 1.04 bits per heavy atom. The topological polar surface area (TPSA) is 46.6 Å². The average molecular weight is 357 g/mol. The van der Waals surface area contributed by atoms with E-state index in [1.807, 2.05) is 6.07 Å². The van der Waals surface area contributed by atoms with Crippen LogP contribution in [0.2, 0.25) is 0 Å². The van der Waals surface area contributed by atoms with E-state index in [9.17, 15) is 18.4 Å². The molecule has 0 radical (unpaired) electrons. The van der Waals surface area contributed by atoms with Gasteiger partial charge in [-0.15, -0.1) is 0 Å². The van der Waals surface area contributed by atoms with Gasteiger partial charge in [-0.1, -0.05) is 12.1 Å². The van der Waals surface area contributed by atoms with Crippen molar-refractivity contribution in [1.29, 1.82) is 0 Å². The first-order valence-electron chi connectivity index (χ1n) is 8.52. The summed E-state index contributed by atoms with van der Waals surface area (Å²) in [5, 5.41) is 0. The SMILES string of the molecule is O=C1CC2(CCN(C(=O)c3cc(F)cc(F)c3)CC2)Oc2ccccc21. The highest BCUT2D eigenvalue weighted by atomic mass is 19.1. The van der Waals surface area contributed by atoms with E-state index < -0.39 is 23.1 Å². The monoisotopic (exact) mass is 357 g/mol. The first-order valence-corrected chi connectivity index (χ1v) is 8.52. The number of Topliss-reactive ketones (excluding diaryl/α,β-unsaturated/α-hetero) is 1. The number of para-hydroxylation sites is 1. The third-order valence-electron chi connectivity index (χ3n) is 5.07. The van der Waals surface area contributed by atoms with Crippen LogP contribution < -0.4 is 4.74 Å². The molecule has 4 rings (SSSR count). The molecule has 1 saturated heterocycles. The van der Waals surface area contributed by atoms with Gasteiger partial charge in [-0.25, -0.2) is 8.78 Å². The molecule has 0 unspecified atom stereocenters. The van der Waals surface area contributed by atoms with Gasteiger partial charge in [0, 0.05) is 37.6 Å². The summed E-state index contributed by atoms with van der Waals surface area (Å²) >= 11 is 0. The number of carbonyl (C=O) groups excluding carboxylic acids is 2. The molecule has 4 nitrogen and oxygen atoms in total. The molecule has 2 aliphatic rings. The van der Waals surface area contributed by atoms with E-state index in [4.69, 9.17) is 4.74 Å². The second-order valence-electron chi connectivity index (χ2n) is 6.83. The molecule has 2 aliphatic heterocycles. The minimum atomic E-state index is -0.778. The third-order valence-corrected chi connectivity index (χ3v) is 5.07. The lowest BCUT2D eigenvalue weighted by molar-refractivity contribution is -0.00573. The molecule has 6 heteroatoms. The first kappa shape index (κ1) is 16.7. The number of rotatable bonds is 1. The molecule has 2 aromatic rings. The summed E-state index contributed by atoms with van der Waals surface area (Å²) in [5.41, 5.74) is -0.0358. The fourth-order valence-electron chi connectivity index (χ4n) is 3.70. The zero-order chi connectivity index (χ0) is 18.3. The van der Waals surface area contributed by atoms with Crippen LogP contribution in [-0.2, 0) is 0 Å². The fraction of sp³-hybridized carbons (Fsp3) is 0.300. The lowest BCUT2D eigenvalue weighted by atomic mass is 9.82. The lowest BCUT2D eigenvalue weighted by Crippen LogP contribution is -2.52. The van der Waals surface area contributed by atoms with Crippen LogP contribution in [0.4, 0.5) is 8.78 Å². The van der Waals surface area contributed by atoms with Gasteiger partial charge >= 0.3 is 0 Å². The van der Waals surface area contributed by atoms with Crippen LogP contribution in [0.3, 0.4) is 0 Å². The van der Waals surface area contributed by atoms with Crippen molar-refractivity contribution in [3.05, 3.63) is 65.2 Å². The van der Waals surface area contributed by atoms with Gasteiger partial charge in [-0.3, -0.25) is 9.59 Å². The molecule has 134 valence electrons. The molecule has 1 spiro atoms. The second kappa shape index (κ2) is 6.20. The van der Waals surface area contributed by atoms with Gasteiger partial charge < -0.3 is 9.64 Å². The highest BCUT2D eigenvalue weighted by Crippen LogP contribution is 2.39. The molecular formula is C20H17F2NO3. The van der Waals surface area contributed by atoms with E-state index in [0.717, 1.165) is 18.2 Å². The molecule has 0 aromatic heterocycles. The van der Waals surface area contributed by atoms with Crippen molar-refractivity contribution < 1.29 is 23.1 Å². The van der Waals surface area contributed by atoms with Crippen LogP contribution in [0.5, 0.6) is 5.75 Å². The zero-order valence-electron chi connectivity index (χ0n) is 14.0. The number of ketones is 1. The molecule has 1 amide bonds. The van der Waals surface area contributed by atoms with Crippen molar-refractivity contribution in [2.24, 2.45) is 0 Å². The number of piperidine rings is 1. The maximum absolute atomic E-state index is 13.4. The summed E-state index contributed by atoms with van der Waals surface area (Å²) in [6.45, 7) is 0.735. The van der Waals surface area contributed by atoms with Crippen molar-refractivity contribution in [2.45, 2.75) is 24.9 Å². The van der Waals surface area contributed by atoms with Crippen LogP contribution in [0.1, 0.15) is 40.0 Å². The lowest BCUT2D eigenvalue weighted by Gasteiger charge is -2.44. The quantitative estimate of drug-likeness (QED) is 0.783. The van der Waals surface area contributed by atoms with Crippen LogP contribution in [-0.4, -0.2) is 35.3 Å². The van der Waals surface area contributed by atoms with Crippen molar-refractivity contribution in [3.63, 3.8) is 0 Å². The maximum atomic E-state index is 13.4. The van der Waals surface area contributed by atoms with Crippen molar-refractivity contribution >= 4 is 11.7 Å². The largest absolute Gasteiger partial charge is 0.486 e. The normalized spacial score (nSPS) is 18.4. The number of ether oxygens (including phenoxy) is 1. The van der Waals surface area contributed by atoms with E-state index in [1.165, 1.54) is 0 Å². The second-order valence-corrected chi connectivity index (χ2v) is 6.83. The molecule has 26 heavy (non-hydrogen) atoms. The van der Waals surface area contributed by atoms with Crippen LogP contribution in [0.25, 0.3) is 0 Å². The molecule has 2 heterocycles. The Labute approximate surface area is 149 Å². The Morgan fingerprint density at radius 2 is 1.69 bits per heavy atom. The zero-order valence-corrected chi connectivity index (χ0v) is 14.0. The molecule has 0 bridgehead atoms. The van der Waals surface area contributed by atoms with Crippen LogP contribution >= 0.6 is 0 Å². The van der Waals surface area contributed by atoms with Gasteiger partial charge in [-0.05, 0) is 24.3 Å². The smallest absolute Gasteiger partial charge is 0.254 e. The Morgan fingerprint density at radius 3 is 2.38 bits per heavy atom. The highest BCUT2D eigenvalue weighted by molar-refractivity contribution is 6.00. The third kappa shape index (κ3) is 2.96. The standard InChI is InChI=1S/C20H17F2NO3/c21-14-9-13(10-15(22)11-14)19(25)23-7-5-20(6-8-23)12-17(24)16-3-1-2-4-18(16)26-20/h1-4,9-11H,5-8,12H2. The number of halogens is 2.